The SMILES string of the molecule is Cc1cc(C(=O)O)c(C)c2c1OCO2. The molecule has 1 aliphatic rings. The highest BCUT2D eigenvalue weighted by molar-refractivity contribution is 5.91. The van der Waals surface area contributed by atoms with Crippen LogP contribution in [0.5, 0.6) is 11.5 Å². The molecule has 0 bridgehead atoms. The molecule has 1 aliphatic heterocycles. The van der Waals surface area contributed by atoms with E-state index in [4.69, 9.17) is 14.6 Å². The summed E-state index contributed by atoms with van der Waals surface area (Å²) in [6, 6.07) is 1.60. The van der Waals surface area contributed by atoms with Crippen LogP contribution >= 0.6 is 0 Å². The fourth-order valence-electron chi connectivity index (χ4n) is 1.58. The van der Waals surface area contributed by atoms with Crippen LogP contribution in [0, 0.1) is 13.8 Å². The number of rotatable bonds is 1. The van der Waals surface area contributed by atoms with Crippen molar-refractivity contribution in [3.63, 3.8) is 0 Å². The number of aromatic carboxylic acids is 1. The van der Waals surface area contributed by atoms with Crippen LogP contribution < -0.4 is 9.47 Å². The highest BCUT2D eigenvalue weighted by atomic mass is 16.7. The Kier molecular flexibility index (Phi) is 1.84. The first kappa shape index (κ1) is 8.87. The van der Waals surface area contributed by atoms with E-state index < -0.39 is 5.97 Å². The number of hydrogen-bond donors (Lipinski definition) is 1. The summed E-state index contributed by atoms with van der Waals surface area (Å²) in [5.74, 6) is 0.277. The van der Waals surface area contributed by atoms with Gasteiger partial charge in [0.15, 0.2) is 11.5 Å². The lowest BCUT2D eigenvalue weighted by molar-refractivity contribution is 0.0695. The number of fused-ring (bicyclic) bond motifs is 1. The molecule has 2 rings (SSSR count). The first-order valence-corrected chi connectivity index (χ1v) is 4.24. The van der Waals surface area contributed by atoms with Gasteiger partial charge < -0.3 is 14.6 Å². The van der Waals surface area contributed by atoms with Crippen LogP contribution in [0.1, 0.15) is 21.5 Å². The Hall–Kier alpha value is -1.71. The van der Waals surface area contributed by atoms with E-state index in [1.54, 1.807) is 19.9 Å². The molecule has 4 nitrogen and oxygen atoms in total. The van der Waals surface area contributed by atoms with Gasteiger partial charge in [-0.25, -0.2) is 4.79 Å². The van der Waals surface area contributed by atoms with Crippen LogP contribution in [0.15, 0.2) is 6.07 Å². The van der Waals surface area contributed by atoms with E-state index in [0.717, 1.165) is 5.56 Å². The smallest absolute Gasteiger partial charge is 0.336 e. The molecule has 0 spiro atoms. The lowest BCUT2D eigenvalue weighted by Crippen LogP contribution is -2.01. The van der Waals surface area contributed by atoms with Gasteiger partial charge in [0.05, 0.1) is 5.56 Å². The van der Waals surface area contributed by atoms with Crippen LogP contribution in [-0.2, 0) is 0 Å². The second-order valence-electron chi connectivity index (χ2n) is 3.24. The Morgan fingerprint density at radius 1 is 1.36 bits per heavy atom. The first-order chi connectivity index (χ1) is 6.61. The van der Waals surface area contributed by atoms with E-state index in [2.05, 4.69) is 0 Å². The zero-order valence-electron chi connectivity index (χ0n) is 7.96. The molecule has 74 valence electrons. The van der Waals surface area contributed by atoms with E-state index in [1.807, 2.05) is 0 Å². The third-order valence-corrected chi connectivity index (χ3v) is 2.31. The molecule has 0 fully saturated rings. The second kappa shape index (κ2) is 2.90. The average molecular weight is 194 g/mol. The van der Waals surface area contributed by atoms with E-state index in [9.17, 15) is 4.79 Å². The van der Waals surface area contributed by atoms with E-state index in [0.29, 0.717) is 17.1 Å². The number of carboxylic acid groups (broad SMARTS) is 1. The van der Waals surface area contributed by atoms with Gasteiger partial charge in [0.1, 0.15) is 0 Å². The standard InChI is InChI=1S/C10H10O4/c1-5-3-7(10(11)12)6(2)9-8(5)13-4-14-9/h3H,4H2,1-2H3,(H,11,12). The third-order valence-electron chi connectivity index (χ3n) is 2.31. The lowest BCUT2D eigenvalue weighted by atomic mass is 10.0. The fourth-order valence-corrected chi connectivity index (χ4v) is 1.58. The Balaban J connectivity index is 2.68. The van der Waals surface area contributed by atoms with Crippen molar-refractivity contribution < 1.29 is 19.4 Å². The quantitative estimate of drug-likeness (QED) is 0.739. The Morgan fingerprint density at radius 2 is 2.00 bits per heavy atom. The maximum Gasteiger partial charge on any atom is 0.336 e. The molecule has 4 heteroatoms. The minimum absolute atomic E-state index is 0.167. The summed E-state index contributed by atoms with van der Waals surface area (Å²) in [6.45, 7) is 3.69. The van der Waals surface area contributed by atoms with Crippen LogP contribution in [0.25, 0.3) is 0 Å². The van der Waals surface area contributed by atoms with Gasteiger partial charge in [0.2, 0.25) is 6.79 Å². The summed E-state index contributed by atoms with van der Waals surface area (Å²) in [7, 11) is 0. The molecular formula is C10H10O4. The van der Waals surface area contributed by atoms with Crippen LogP contribution in [0.4, 0.5) is 0 Å². The molecule has 0 atom stereocenters. The molecule has 14 heavy (non-hydrogen) atoms. The van der Waals surface area contributed by atoms with Crippen molar-refractivity contribution >= 4 is 5.97 Å². The molecular weight excluding hydrogens is 184 g/mol. The number of ether oxygens (including phenoxy) is 2. The number of carbonyl (C=O) groups is 1. The summed E-state index contributed by atoms with van der Waals surface area (Å²) in [5, 5.41) is 8.92. The molecule has 0 unspecified atom stereocenters. The maximum absolute atomic E-state index is 10.9. The molecule has 0 aliphatic carbocycles. The predicted molar refractivity (Wildman–Crippen MR) is 49.0 cm³/mol. The number of carboxylic acids is 1. The first-order valence-electron chi connectivity index (χ1n) is 4.24. The monoisotopic (exact) mass is 194 g/mol. The molecule has 1 N–H and O–H groups in total. The van der Waals surface area contributed by atoms with Gasteiger partial charge in [0, 0.05) is 5.56 Å². The molecule has 0 radical (unpaired) electrons. The molecule has 1 heterocycles. The van der Waals surface area contributed by atoms with Gasteiger partial charge in [-0.2, -0.15) is 0 Å². The lowest BCUT2D eigenvalue weighted by Gasteiger charge is -2.07. The summed E-state index contributed by atoms with van der Waals surface area (Å²) in [6.07, 6.45) is 0. The zero-order chi connectivity index (χ0) is 10.3. The van der Waals surface area contributed by atoms with Crippen molar-refractivity contribution in [3.8, 4) is 11.5 Å². The van der Waals surface area contributed by atoms with Crippen molar-refractivity contribution in [1.82, 2.24) is 0 Å². The topological polar surface area (TPSA) is 55.8 Å². The van der Waals surface area contributed by atoms with Crippen molar-refractivity contribution in [2.24, 2.45) is 0 Å². The molecule has 0 saturated carbocycles. The van der Waals surface area contributed by atoms with Gasteiger partial charge in [0.25, 0.3) is 0 Å². The second-order valence-corrected chi connectivity index (χ2v) is 3.24. The predicted octanol–water partition coefficient (Wildman–Crippen LogP) is 1.73. The fraction of sp³-hybridized carbons (Fsp3) is 0.300. The zero-order valence-corrected chi connectivity index (χ0v) is 7.96. The maximum atomic E-state index is 10.9. The summed E-state index contributed by atoms with van der Waals surface area (Å²) < 4.78 is 10.4. The minimum Gasteiger partial charge on any atom is -0.478 e. The number of aryl methyl sites for hydroxylation is 1. The van der Waals surface area contributed by atoms with Crippen molar-refractivity contribution in [2.75, 3.05) is 6.79 Å². The Morgan fingerprint density at radius 3 is 2.64 bits per heavy atom. The van der Waals surface area contributed by atoms with E-state index in [1.165, 1.54) is 0 Å². The molecule has 1 aromatic carbocycles. The minimum atomic E-state index is -0.941. The highest BCUT2D eigenvalue weighted by Crippen LogP contribution is 2.39. The van der Waals surface area contributed by atoms with E-state index in [-0.39, 0.29) is 12.4 Å². The summed E-state index contributed by atoms with van der Waals surface area (Å²) in [4.78, 5) is 10.9. The number of hydrogen-bond acceptors (Lipinski definition) is 3. The van der Waals surface area contributed by atoms with Crippen LogP contribution in [0.3, 0.4) is 0 Å². The Bertz CT molecular complexity index is 409. The highest BCUT2D eigenvalue weighted by Gasteiger charge is 2.23. The van der Waals surface area contributed by atoms with Crippen molar-refractivity contribution in [2.45, 2.75) is 13.8 Å². The largest absolute Gasteiger partial charge is 0.478 e. The normalized spacial score (nSPS) is 13.0. The molecule has 1 aromatic rings. The Labute approximate surface area is 81.1 Å². The summed E-state index contributed by atoms with van der Waals surface area (Å²) >= 11 is 0. The van der Waals surface area contributed by atoms with Crippen molar-refractivity contribution in [1.29, 1.82) is 0 Å². The van der Waals surface area contributed by atoms with Gasteiger partial charge in [-0.1, -0.05) is 0 Å². The number of benzene rings is 1. The summed E-state index contributed by atoms with van der Waals surface area (Å²) in [5.41, 5.74) is 1.68. The molecule has 0 amide bonds. The van der Waals surface area contributed by atoms with Gasteiger partial charge >= 0.3 is 5.97 Å². The average Bonchev–Trinajstić information content (AvgIpc) is 2.59. The van der Waals surface area contributed by atoms with Gasteiger partial charge in [-0.15, -0.1) is 0 Å². The van der Waals surface area contributed by atoms with E-state index >= 15 is 0 Å². The molecule has 0 aromatic heterocycles. The molecule has 0 saturated heterocycles. The van der Waals surface area contributed by atoms with Crippen molar-refractivity contribution in [3.05, 3.63) is 22.8 Å². The van der Waals surface area contributed by atoms with Gasteiger partial charge in [-0.05, 0) is 25.5 Å². The third kappa shape index (κ3) is 1.11. The van der Waals surface area contributed by atoms with Gasteiger partial charge in [-0.3, -0.25) is 0 Å². The van der Waals surface area contributed by atoms with Crippen LogP contribution in [0.2, 0.25) is 0 Å². The van der Waals surface area contributed by atoms with Crippen LogP contribution in [-0.4, -0.2) is 17.9 Å².